The maximum Gasteiger partial charge on any atom is 0.311 e. The minimum absolute atomic E-state index is 0.106. The maximum atomic E-state index is 13.5. The van der Waals surface area contributed by atoms with Crippen LogP contribution in [0.4, 0.5) is 33.1 Å². The lowest BCUT2D eigenvalue weighted by molar-refractivity contribution is -0.384. The molecule has 0 bridgehead atoms. The first kappa shape index (κ1) is 19.8. The van der Waals surface area contributed by atoms with Crippen LogP contribution in [0.5, 0.6) is 0 Å². The Bertz CT molecular complexity index is 837. The molecule has 1 aromatic carbocycles. The minimum atomic E-state index is -1.04. The summed E-state index contributed by atoms with van der Waals surface area (Å²) >= 11 is 0. The topological polar surface area (TPSA) is 95.4 Å². The molecule has 1 atom stereocenters. The van der Waals surface area contributed by atoms with Gasteiger partial charge in [0, 0.05) is 36.1 Å². The summed E-state index contributed by atoms with van der Waals surface area (Å²) in [6.45, 7) is 7.56. The van der Waals surface area contributed by atoms with Crippen molar-refractivity contribution in [3.63, 3.8) is 0 Å². The van der Waals surface area contributed by atoms with Crippen LogP contribution in [0.15, 0.2) is 36.4 Å². The molecule has 1 aliphatic rings. The maximum absolute atomic E-state index is 13.5. The second kappa shape index (κ2) is 7.97. The van der Waals surface area contributed by atoms with Gasteiger partial charge in [0.15, 0.2) is 6.30 Å². The van der Waals surface area contributed by atoms with Gasteiger partial charge in [0.25, 0.3) is 0 Å². The predicted molar refractivity (Wildman–Crippen MR) is 109 cm³/mol. The van der Waals surface area contributed by atoms with E-state index in [2.05, 4.69) is 20.9 Å². The Labute approximate surface area is 163 Å². The van der Waals surface area contributed by atoms with Crippen molar-refractivity contribution >= 4 is 28.7 Å². The van der Waals surface area contributed by atoms with Crippen molar-refractivity contribution in [2.75, 3.05) is 35.2 Å². The average Bonchev–Trinajstić information content (AvgIpc) is 2.61. The Balaban J connectivity index is 1.79. The molecule has 0 radical (unpaired) electrons. The number of aromatic nitrogens is 1. The number of nitro groups is 1. The molecule has 1 fully saturated rings. The average molecular weight is 388 g/mol. The quantitative estimate of drug-likeness (QED) is 0.409. The van der Waals surface area contributed by atoms with E-state index < -0.39 is 11.2 Å². The summed E-state index contributed by atoms with van der Waals surface area (Å²) in [5.74, 6) is 0.713. The zero-order valence-electron chi connectivity index (χ0n) is 16.2. The monoisotopic (exact) mass is 388 g/mol. The number of anilines is 4. The summed E-state index contributed by atoms with van der Waals surface area (Å²) in [6, 6.07) is 10.4. The van der Waals surface area contributed by atoms with Crippen molar-refractivity contribution in [1.82, 2.24) is 10.3 Å². The Morgan fingerprint density at radius 2 is 1.96 bits per heavy atom. The Kier molecular flexibility index (Phi) is 5.64. The standard InChI is InChI=1S/C19H25FN6O2/c1-19(2,3)24-17-9-8-15(26(27)28)18(23-17)22-13-4-6-14(7-5-13)25-11-10-21-16(20)12-25/h4-9,16,21H,10-12H2,1-3H3,(H2,22,23,24). The lowest BCUT2D eigenvalue weighted by Crippen LogP contribution is -2.48. The first-order chi connectivity index (χ1) is 13.2. The van der Waals surface area contributed by atoms with E-state index in [1.165, 1.54) is 6.07 Å². The van der Waals surface area contributed by atoms with Crippen LogP contribution in [-0.4, -0.2) is 41.4 Å². The molecule has 0 saturated carbocycles. The summed E-state index contributed by atoms with van der Waals surface area (Å²) in [7, 11) is 0. The van der Waals surface area contributed by atoms with Gasteiger partial charge in [-0.05, 0) is 51.1 Å². The summed E-state index contributed by atoms with van der Waals surface area (Å²) in [4.78, 5) is 17.2. The highest BCUT2D eigenvalue weighted by Gasteiger charge is 2.20. The molecule has 3 rings (SSSR count). The number of hydrogen-bond acceptors (Lipinski definition) is 7. The van der Waals surface area contributed by atoms with E-state index >= 15 is 0 Å². The summed E-state index contributed by atoms with van der Waals surface area (Å²) in [5, 5.41) is 20.4. The third kappa shape index (κ3) is 5.07. The van der Waals surface area contributed by atoms with Crippen molar-refractivity contribution in [2.24, 2.45) is 0 Å². The third-order valence-corrected chi connectivity index (χ3v) is 4.20. The third-order valence-electron chi connectivity index (χ3n) is 4.20. The Morgan fingerprint density at radius 1 is 1.25 bits per heavy atom. The molecule has 0 spiro atoms. The summed E-state index contributed by atoms with van der Waals surface area (Å²) < 4.78 is 13.5. The molecule has 8 nitrogen and oxygen atoms in total. The van der Waals surface area contributed by atoms with Gasteiger partial charge in [-0.1, -0.05) is 0 Å². The molecular weight excluding hydrogens is 363 g/mol. The highest BCUT2D eigenvalue weighted by atomic mass is 19.1. The van der Waals surface area contributed by atoms with Crippen LogP contribution < -0.4 is 20.9 Å². The summed E-state index contributed by atoms with van der Waals surface area (Å²) in [6.07, 6.45) is -1.04. The molecule has 0 aliphatic carbocycles. The number of piperazine rings is 1. The molecule has 28 heavy (non-hydrogen) atoms. The van der Waals surface area contributed by atoms with Gasteiger partial charge in [-0.25, -0.2) is 9.37 Å². The number of halogens is 1. The lowest BCUT2D eigenvalue weighted by Gasteiger charge is -2.31. The van der Waals surface area contributed by atoms with Crippen LogP contribution in [0.3, 0.4) is 0 Å². The lowest BCUT2D eigenvalue weighted by atomic mass is 10.1. The molecule has 150 valence electrons. The predicted octanol–water partition coefficient (Wildman–Crippen LogP) is 3.65. The van der Waals surface area contributed by atoms with Crippen LogP contribution in [0.1, 0.15) is 20.8 Å². The van der Waals surface area contributed by atoms with Crippen molar-refractivity contribution in [1.29, 1.82) is 0 Å². The van der Waals surface area contributed by atoms with Crippen LogP contribution >= 0.6 is 0 Å². The van der Waals surface area contributed by atoms with Gasteiger partial charge in [0.2, 0.25) is 5.82 Å². The van der Waals surface area contributed by atoms with Gasteiger partial charge in [-0.2, -0.15) is 0 Å². The zero-order chi connectivity index (χ0) is 20.3. The number of nitrogens with one attached hydrogen (secondary N) is 3. The van der Waals surface area contributed by atoms with E-state index in [4.69, 9.17) is 0 Å². The molecule has 1 aliphatic heterocycles. The normalized spacial score (nSPS) is 17.3. The molecule has 2 aromatic rings. The smallest absolute Gasteiger partial charge is 0.311 e. The number of hydrogen-bond donors (Lipinski definition) is 3. The van der Waals surface area contributed by atoms with Gasteiger partial charge in [0.05, 0.1) is 11.5 Å². The van der Waals surface area contributed by atoms with Crippen molar-refractivity contribution < 1.29 is 9.31 Å². The fourth-order valence-corrected chi connectivity index (χ4v) is 2.98. The van der Waals surface area contributed by atoms with Gasteiger partial charge in [-0.3, -0.25) is 15.4 Å². The fourth-order valence-electron chi connectivity index (χ4n) is 2.98. The molecule has 3 N–H and O–H groups in total. The number of rotatable bonds is 5. The number of nitrogens with zero attached hydrogens (tertiary/aromatic N) is 3. The second-order valence-corrected chi connectivity index (χ2v) is 7.74. The first-order valence-corrected chi connectivity index (χ1v) is 9.14. The van der Waals surface area contributed by atoms with Gasteiger partial charge < -0.3 is 15.5 Å². The van der Waals surface area contributed by atoms with Crippen LogP contribution in [0.25, 0.3) is 0 Å². The molecular formula is C19H25FN6O2. The number of pyridine rings is 1. The van der Waals surface area contributed by atoms with Crippen LogP contribution in [0.2, 0.25) is 0 Å². The molecule has 1 saturated heterocycles. The highest BCUT2D eigenvalue weighted by Crippen LogP contribution is 2.29. The molecule has 2 heterocycles. The molecule has 1 aromatic heterocycles. The zero-order valence-corrected chi connectivity index (χ0v) is 16.2. The van der Waals surface area contributed by atoms with Gasteiger partial charge in [0.1, 0.15) is 5.82 Å². The van der Waals surface area contributed by atoms with Crippen LogP contribution in [0, 0.1) is 10.1 Å². The van der Waals surface area contributed by atoms with Gasteiger partial charge >= 0.3 is 5.69 Å². The minimum Gasteiger partial charge on any atom is -0.366 e. The fraction of sp³-hybridized carbons (Fsp3) is 0.421. The highest BCUT2D eigenvalue weighted by molar-refractivity contribution is 5.69. The van der Waals surface area contributed by atoms with E-state index in [0.29, 0.717) is 24.6 Å². The van der Waals surface area contributed by atoms with E-state index in [0.717, 1.165) is 12.2 Å². The number of benzene rings is 1. The first-order valence-electron chi connectivity index (χ1n) is 9.14. The molecule has 0 amide bonds. The largest absolute Gasteiger partial charge is 0.366 e. The number of alkyl halides is 1. The summed E-state index contributed by atoms with van der Waals surface area (Å²) in [5.41, 5.74) is 1.24. The van der Waals surface area contributed by atoms with Gasteiger partial charge in [-0.15, -0.1) is 0 Å². The second-order valence-electron chi connectivity index (χ2n) is 7.74. The molecule has 1 unspecified atom stereocenters. The van der Waals surface area contributed by atoms with E-state index in [-0.39, 0.29) is 17.0 Å². The van der Waals surface area contributed by atoms with E-state index in [1.807, 2.05) is 37.8 Å². The van der Waals surface area contributed by atoms with Crippen LogP contribution in [-0.2, 0) is 0 Å². The van der Waals surface area contributed by atoms with Crippen molar-refractivity contribution in [3.8, 4) is 0 Å². The Morgan fingerprint density at radius 3 is 2.57 bits per heavy atom. The Hall–Kier alpha value is -2.94. The molecule has 9 heteroatoms. The SMILES string of the molecule is CC(C)(C)Nc1ccc([N+](=O)[O-])c(Nc2ccc(N3CCNC(F)C3)cc2)n1. The van der Waals surface area contributed by atoms with Crippen molar-refractivity contribution in [3.05, 3.63) is 46.5 Å². The van der Waals surface area contributed by atoms with E-state index in [1.54, 1.807) is 18.2 Å². The van der Waals surface area contributed by atoms with E-state index in [9.17, 15) is 14.5 Å². The van der Waals surface area contributed by atoms with Crippen molar-refractivity contribution in [2.45, 2.75) is 32.6 Å².